The van der Waals surface area contributed by atoms with E-state index in [4.69, 9.17) is 46.4 Å². The topological polar surface area (TPSA) is 29.1 Å². The molecule has 0 spiro atoms. The summed E-state index contributed by atoms with van der Waals surface area (Å²) in [5.74, 6) is -0.704. The molecule has 0 aromatic heterocycles. The first kappa shape index (κ1) is 11.9. The van der Waals surface area contributed by atoms with E-state index in [-0.39, 0.29) is 0 Å². The Morgan fingerprint density at radius 2 is 1.64 bits per heavy atom. The molecule has 0 heterocycles. The van der Waals surface area contributed by atoms with Crippen LogP contribution in [0.3, 0.4) is 0 Å². The summed E-state index contributed by atoms with van der Waals surface area (Å²) in [6, 6.07) is 6.46. The Balaban J connectivity index is 2.71. The monoisotopic (exact) mass is 271 g/mol. The minimum absolute atomic E-state index is 0.519. The fourth-order valence-electron chi connectivity index (χ4n) is 0.735. The number of hydrogen-bond acceptors (Lipinski definition) is 1. The van der Waals surface area contributed by atoms with Crippen LogP contribution in [0.25, 0.3) is 0 Å². The van der Waals surface area contributed by atoms with E-state index in [0.717, 1.165) is 0 Å². The summed E-state index contributed by atoms with van der Waals surface area (Å²) in [5, 5.41) is 2.98. The molecule has 0 unspecified atom stereocenters. The molecule has 0 radical (unpaired) electrons. The molecule has 0 saturated heterocycles. The number of rotatable bonds is 1. The minimum atomic E-state index is -1.96. The van der Waals surface area contributed by atoms with Gasteiger partial charge in [-0.25, -0.2) is 0 Å². The van der Waals surface area contributed by atoms with E-state index >= 15 is 0 Å². The van der Waals surface area contributed by atoms with Gasteiger partial charge < -0.3 is 5.32 Å². The third-order valence-electron chi connectivity index (χ3n) is 1.36. The SMILES string of the molecule is O=C(Nc1ccc(Cl)cc1)C(Cl)(Cl)Cl. The predicted octanol–water partition coefficient (Wildman–Crippen LogP) is 3.65. The molecule has 0 atom stereocenters. The summed E-state index contributed by atoms with van der Waals surface area (Å²) in [6.45, 7) is 0. The highest BCUT2D eigenvalue weighted by Crippen LogP contribution is 2.27. The predicted molar refractivity (Wildman–Crippen MR) is 60.4 cm³/mol. The van der Waals surface area contributed by atoms with E-state index in [1.807, 2.05) is 0 Å². The zero-order valence-electron chi connectivity index (χ0n) is 6.73. The van der Waals surface area contributed by atoms with Crippen LogP contribution >= 0.6 is 46.4 Å². The fourth-order valence-corrected chi connectivity index (χ4v) is 1.00. The summed E-state index contributed by atoms with van der Waals surface area (Å²) in [7, 11) is 0. The van der Waals surface area contributed by atoms with E-state index in [1.54, 1.807) is 24.3 Å². The van der Waals surface area contributed by atoms with Crippen LogP contribution < -0.4 is 5.32 Å². The van der Waals surface area contributed by atoms with Gasteiger partial charge in [-0.05, 0) is 24.3 Å². The number of benzene rings is 1. The summed E-state index contributed by atoms with van der Waals surface area (Å²) in [6.07, 6.45) is 0. The maximum absolute atomic E-state index is 11.2. The van der Waals surface area contributed by atoms with E-state index in [1.165, 1.54) is 0 Å². The Morgan fingerprint density at radius 1 is 1.14 bits per heavy atom. The molecule has 0 aliphatic heterocycles. The first-order valence-electron chi connectivity index (χ1n) is 3.53. The van der Waals surface area contributed by atoms with Crippen LogP contribution in [0, 0.1) is 0 Å². The highest BCUT2D eigenvalue weighted by molar-refractivity contribution is 6.76. The summed E-state index contributed by atoms with van der Waals surface area (Å²) in [4.78, 5) is 11.2. The lowest BCUT2D eigenvalue weighted by atomic mass is 10.3. The molecule has 1 aromatic rings. The third kappa shape index (κ3) is 3.54. The van der Waals surface area contributed by atoms with Gasteiger partial charge in [-0.3, -0.25) is 4.79 Å². The number of carbonyl (C=O) groups is 1. The molecule has 1 N–H and O–H groups in total. The highest BCUT2D eigenvalue weighted by Gasteiger charge is 2.30. The van der Waals surface area contributed by atoms with Gasteiger partial charge in [0.1, 0.15) is 0 Å². The van der Waals surface area contributed by atoms with Gasteiger partial charge in [-0.1, -0.05) is 46.4 Å². The first-order chi connectivity index (χ1) is 6.39. The van der Waals surface area contributed by atoms with Crippen molar-refractivity contribution in [1.82, 2.24) is 0 Å². The molecule has 76 valence electrons. The Morgan fingerprint density at radius 3 is 2.07 bits per heavy atom. The van der Waals surface area contributed by atoms with Crippen LogP contribution in [0.4, 0.5) is 5.69 Å². The molecule has 1 rings (SSSR count). The number of amides is 1. The Kier molecular flexibility index (Phi) is 3.90. The molecule has 1 amide bonds. The molecule has 14 heavy (non-hydrogen) atoms. The van der Waals surface area contributed by atoms with Crippen LogP contribution in [-0.2, 0) is 4.79 Å². The lowest BCUT2D eigenvalue weighted by Gasteiger charge is -2.10. The zero-order valence-corrected chi connectivity index (χ0v) is 9.75. The number of halogens is 4. The van der Waals surface area contributed by atoms with Crippen molar-refractivity contribution in [1.29, 1.82) is 0 Å². The smallest absolute Gasteiger partial charge is 0.276 e. The second-order valence-corrected chi connectivity index (χ2v) is 5.18. The minimum Gasteiger partial charge on any atom is -0.322 e. The van der Waals surface area contributed by atoms with Crippen molar-refractivity contribution in [2.45, 2.75) is 3.79 Å². The van der Waals surface area contributed by atoms with Gasteiger partial charge in [0, 0.05) is 10.7 Å². The number of alkyl halides is 3. The van der Waals surface area contributed by atoms with Crippen molar-refractivity contribution in [3.05, 3.63) is 29.3 Å². The van der Waals surface area contributed by atoms with Gasteiger partial charge in [0.25, 0.3) is 9.70 Å². The quantitative estimate of drug-likeness (QED) is 0.777. The van der Waals surface area contributed by atoms with Crippen LogP contribution in [0.2, 0.25) is 5.02 Å². The average molecular weight is 273 g/mol. The van der Waals surface area contributed by atoms with Gasteiger partial charge in [-0.2, -0.15) is 0 Å². The molecule has 0 aliphatic rings. The maximum atomic E-state index is 11.2. The number of nitrogens with one attached hydrogen (secondary N) is 1. The Bertz CT molecular complexity index is 330. The maximum Gasteiger partial charge on any atom is 0.276 e. The molecular weight excluding hydrogens is 268 g/mol. The van der Waals surface area contributed by atoms with Gasteiger partial charge in [0.2, 0.25) is 0 Å². The number of anilines is 1. The molecule has 0 fully saturated rings. The van der Waals surface area contributed by atoms with E-state index in [2.05, 4.69) is 5.32 Å². The molecule has 6 heteroatoms. The van der Waals surface area contributed by atoms with Crippen molar-refractivity contribution in [2.24, 2.45) is 0 Å². The fraction of sp³-hybridized carbons (Fsp3) is 0.125. The average Bonchev–Trinajstić information content (AvgIpc) is 2.07. The van der Waals surface area contributed by atoms with Crippen LogP contribution in [0.1, 0.15) is 0 Å². The van der Waals surface area contributed by atoms with Gasteiger partial charge in [0.05, 0.1) is 0 Å². The Hall–Kier alpha value is -0.150. The standard InChI is InChI=1S/C8H5Cl4NO/c9-5-1-3-6(4-2-5)13-7(14)8(10,11)12/h1-4H,(H,13,14). The van der Waals surface area contributed by atoms with Crippen molar-refractivity contribution in [3.8, 4) is 0 Å². The second kappa shape index (κ2) is 4.58. The molecule has 0 saturated carbocycles. The van der Waals surface area contributed by atoms with Gasteiger partial charge in [-0.15, -0.1) is 0 Å². The zero-order chi connectivity index (χ0) is 10.8. The summed E-state index contributed by atoms with van der Waals surface area (Å²) < 4.78 is -1.96. The highest BCUT2D eigenvalue weighted by atomic mass is 35.6. The van der Waals surface area contributed by atoms with Gasteiger partial charge >= 0.3 is 0 Å². The summed E-state index contributed by atoms with van der Waals surface area (Å²) in [5.41, 5.74) is 0.519. The van der Waals surface area contributed by atoms with E-state index < -0.39 is 9.70 Å². The largest absolute Gasteiger partial charge is 0.322 e. The third-order valence-corrected chi connectivity index (χ3v) is 2.13. The lowest BCUT2D eigenvalue weighted by Crippen LogP contribution is -2.26. The molecule has 0 bridgehead atoms. The van der Waals surface area contributed by atoms with E-state index in [9.17, 15) is 4.79 Å². The normalized spacial score (nSPS) is 11.1. The molecule has 2 nitrogen and oxygen atoms in total. The van der Waals surface area contributed by atoms with Crippen LogP contribution in [-0.4, -0.2) is 9.70 Å². The van der Waals surface area contributed by atoms with Crippen molar-refractivity contribution in [2.75, 3.05) is 5.32 Å². The van der Waals surface area contributed by atoms with Gasteiger partial charge in [0.15, 0.2) is 0 Å². The van der Waals surface area contributed by atoms with Crippen molar-refractivity contribution >= 4 is 58.0 Å². The number of hydrogen-bond donors (Lipinski definition) is 1. The first-order valence-corrected chi connectivity index (χ1v) is 5.04. The van der Waals surface area contributed by atoms with Crippen molar-refractivity contribution in [3.63, 3.8) is 0 Å². The lowest BCUT2D eigenvalue weighted by molar-refractivity contribution is -0.115. The van der Waals surface area contributed by atoms with E-state index in [0.29, 0.717) is 10.7 Å². The molecule has 0 aliphatic carbocycles. The number of carbonyl (C=O) groups excluding carboxylic acids is 1. The molecule has 1 aromatic carbocycles. The van der Waals surface area contributed by atoms with Crippen LogP contribution in [0.5, 0.6) is 0 Å². The molecular formula is C8H5Cl4NO. The summed E-state index contributed by atoms with van der Waals surface area (Å²) >= 11 is 21.7. The van der Waals surface area contributed by atoms with Crippen LogP contribution in [0.15, 0.2) is 24.3 Å². The second-order valence-electron chi connectivity index (χ2n) is 2.46. The van der Waals surface area contributed by atoms with Crippen molar-refractivity contribution < 1.29 is 4.79 Å². The Labute approximate surface area is 101 Å².